The zero-order valence-electron chi connectivity index (χ0n) is 15.3. The number of imidazole rings is 1. The number of piperidine rings is 1. The maximum atomic E-state index is 12.8. The van der Waals surface area contributed by atoms with Crippen LogP contribution in [0.2, 0.25) is 0 Å². The van der Waals surface area contributed by atoms with E-state index in [0.29, 0.717) is 12.3 Å². The van der Waals surface area contributed by atoms with Crippen molar-refractivity contribution in [3.8, 4) is 0 Å². The van der Waals surface area contributed by atoms with Gasteiger partial charge in [0.1, 0.15) is 5.82 Å². The molecule has 1 aromatic carbocycles. The molecule has 1 fully saturated rings. The highest BCUT2D eigenvalue weighted by Crippen LogP contribution is 2.30. The molecule has 3 aromatic rings. The third-order valence-electron chi connectivity index (χ3n) is 5.83. The van der Waals surface area contributed by atoms with Crippen LogP contribution in [0.1, 0.15) is 24.8 Å². The van der Waals surface area contributed by atoms with Crippen LogP contribution >= 0.6 is 0 Å². The topological polar surface area (TPSA) is 53.7 Å². The van der Waals surface area contributed by atoms with Crippen molar-refractivity contribution in [1.29, 1.82) is 0 Å². The standard InChI is InChI=1S/C21H23N5O/c27-21(25-13-9-17-3-1-2-4-18(17)25)15-16-7-11-24(12-8-16)20-6-5-19-22-10-14-26(19)23-20/h1-6,10,14,16H,7-9,11-13,15H2. The minimum absolute atomic E-state index is 0.274. The van der Waals surface area contributed by atoms with Gasteiger partial charge >= 0.3 is 0 Å². The molecular weight excluding hydrogens is 338 g/mol. The second-order valence-electron chi connectivity index (χ2n) is 7.48. The Labute approximate surface area is 158 Å². The average molecular weight is 361 g/mol. The number of fused-ring (bicyclic) bond motifs is 2. The van der Waals surface area contributed by atoms with Gasteiger partial charge in [0.15, 0.2) is 5.65 Å². The lowest BCUT2D eigenvalue weighted by Gasteiger charge is -2.33. The molecule has 2 aliphatic rings. The fourth-order valence-electron chi connectivity index (χ4n) is 4.29. The number of carbonyl (C=O) groups is 1. The number of rotatable bonds is 3. The molecule has 6 nitrogen and oxygen atoms in total. The zero-order valence-corrected chi connectivity index (χ0v) is 15.3. The molecule has 138 valence electrons. The van der Waals surface area contributed by atoms with E-state index >= 15 is 0 Å². The lowest BCUT2D eigenvalue weighted by molar-refractivity contribution is -0.119. The third kappa shape index (κ3) is 3.05. The smallest absolute Gasteiger partial charge is 0.227 e. The summed E-state index contributed by atoms with van der Waals surface area (Å²) in [6.45, 7) is 2.72. The van der Waals surface area contributed by atoms with Crippen LogP contribution in [0.15, 0.2) is 48.8 Å². The highest BCUT2D eigenvalue weighted by molar-refractivity contribution is 5.95. The largest absolute Gasteiger partial charge is 0.355 e. The van der Waals surface area contributed by atoms with Crippen molar-refractivity contribution >= 4 is 23.1 Å². The number of carbonyl (C=O) groups excluding carboxylic acids is 1. The molecule has 1 saturated heterocycles. The fourth-order valence-corrected chi connectivity index (χ4v) is 4.29. The Balaban J connectivity index is 1.20. The molecule has 5 rings (SSSR count). The molecule has 6 heteroatoms. The Morgan fingerprint density at radius 1 is 1.07 bits per heavy atom. The number of aromatic nitrogens is 3. The van der Waals surface area contributed by atoms with Crippen molar-refractivity contribution < 1.29 is 4.79 Å². The Morgan fingerprint density at radius 2 is 1.93 bits per heavy atom. The minimum atomic E-state index is 0.274. The molecule has 2 aromatic heterocycles. The molecule has 1 amide bonds. The molecular formula is C21H23N5O. The van der Waals surface area contributed by atoms with E-state index in [-0.39, 0.29) is 5.91 Å². The number of hydrogen-bond donors (Lipinski definition) is 0. The van der Waals surface area contributed by atoms with Crippen molar-refractivity contribution in [3.63, 3.8) is 0 Å². The first-order valence-corrected chi connectivity index (χ1v) is 9.71. The van der Waals surface area contributed by atoms with Crippen LogP contribution in [0.3, 0.4) is 0 Å². The van der Waals surface area contributed by atoms with Crippen LogP contribution in [0.4, 0.5) is 11.5 Å². The summed E-state index contributed by atoms with van der Waals surface area (Å²) in [4.78, 5) is 21.4. The van der Waals surface area contributed by atoms with Gasteiger partial charge in [-0.25, -0.2) is 9.50 Å². The summed E-state index contributed by atoms with van der Waals surface area (Å²) in [7, 11) is 0. The molecule has 0 unspecified atom stereocenters. The second-order valence-corrected chi connectivity index (χ2v) is 7.48. The Bertz CT molecular complexity index is 973. The number of para-hydroxylation sites is 1. The van der Waals surface area contributed by atoms with Crippen LogP contribution in [0.25, 0.3) is 5.65 Å². The summed E-state index contributed by atoms with van der Waals surface area (Å²) in [6, 6.07) is 12.3. The molecule has 0 saturated carbocycles. The summed E-state index contributed by atoms with van der Waals surface area (Å²) in [5.74, 6) is 1.72. The van der Waals surface area contributed by atoms with Gasteiger partial charge in [-0.05, 0) is 48.9 Å². The van der Waals surface area contributed by atoms with E-state index in [9.17, 15) is 4.79 Å². The van der Waals surface area contributed by atoms with Crippen LogP contribution in [0, 0.1) is 5.92 Å². The molecule has 0 radical (unpaired) electrons. The quantitative estimate of drug-likeness (QED) is 0.720. The fraction of sp³-hybridized carbons (Fsp3) is 0.381. The molecule has 0 atom stereocenters. The number of amides is 1. The van der Waals surface area contributed by atoms with Crippen LogP contribution in [-0.2, 0) is 11.2 Å². The van der Waals surface area contributed by atoms with E-state index in [1.54, 1.807) is 6.20 Å². The highest BCUT2D eigenvalue weighted by atomic mass is 16.2. The number of benzene rings is 1. The van der Waals surface area contributed by atoms with Gasteiger partial charge in [-0.1, -0.05) is 18.2 Å². The van der Waals surface area contributed by atoms with Gasteiger partial charge in [0, 0.05) is 44.1 Å². The maximum absolute atomic E-state index is 12.8. The first kappa shape index (κ1) is 16.3. The lowest BCUT2D eigenvalue weighted by Crippen LogP contribution is -2.37. The monoisotopic (exact) mass is 361 g/mol. The Kier molecular flexibility index (Phi) is 4.03. The van der Waals surface area contributed by atoms with E-state index in [2.05, 4.69) is 33.2 Å². The SMILES string of the molecule is O=C(CC1CCN(c2ccc3nccn3n2)CC1)N1CCc2ccccc21. The Morgan fingerprint density at radius 3 is 2.81 bits per heavy atom. The van der Waals surface area contributed by atoms with Gasteiger partial charge in [0.05, 0.1) is 0 Å². The normalized spacial score (nSPS) is 17.5. The van der Waals surface area contributed by atoms with Crippen molar-refractivity contribution in [3.05, 3.63) is 54.4 Å². The average Bonchev–Trinajstić information content (AvgIpc) is 3.35. The zero-order chi connectivity index (χ0) is 18.2. The molecule has 0 bridgehead atoms. The van der Waals surface area contributed by atoms with E-state index in [1.807, 2.05) is 33.8 Å². The van der Waals surface area contributed by atoms with Gasteiger partial charge in [-0.3, -0.25) is 4.79 Å². The molecule has 2 aliphatic heterocycles. The van der Waals surface area contributed by atoms with E-state index in [4.69, 9.17) is 0 Å². The molecule has 0 spiro atoms. The van der Waals surface area contributed by atoms with Crippen molar-refractivity contribution in [1.82, 2.24) is 14.6 Å². The van der Waals surface area contributed by atoms with Crippen LogP contribution in [0.5, 0.6) is 0 Å². The van der Waals surface area contributed by atoms with Crippen LogP contribution in [-0.4, -0.2) is 40.1 Å². The molecule has 0 aliphatic carbocycles. The Hall–Kier alpha value is -2.89. The summed E-state index contributed by atoms with van der Waals surface area (Å²) in [5.41, 5.74) is 3.27. The molecule has 4 heterocycles. The summed E-state index contributed by atoms with van der Waals surface area (Å²) < 4.78 is 1.82. The van der Waals surface area contributed by atoms with Crippen molar-refractivity contribution in [2.24, 2.45) is 5.92 Å². The van der Waals surface area contributed by atoms with E-state index in [1.165, 1.54) is 5.56 Å². The lowest BCUT2D eigenvalue weighted by atomic mass is 9.93. The predicted octanol–water partition coefficient (Wildman–Crippen LogP) is 2.93. The van der Waals surface area contributed by atoms with Gasteiger partial charge < -0.3 is 9.80 Å². The first-order valence-electron chi connectivity index (χ1n) is 9.71. The first-order chi connectivity index (χ1) is 13.3. The van der Waals surface area contributed by atoms with Crippen molar-refractivity contribution in [2.75, 3.05) is 29.4 Å². The molecule has 0 N–H and O–H groups in total. The number of anilines is 2. The number of hydrogen-bond acceptors (Lipinski definition) is 4. The predicted molar refractivity (Wildman–Crippen MR) is 105 cm³/mol. The summed E-state index contributed by atoms with van der Waals surface area (Å²) in [5, 5.41) is 4.64. The molecule has 27 heavy (non-hydrogen) atoms. The minimum Gasteiger partial charge on any atom is -0.355 e. The summed E-state index contributed by atoms with van der Waals surface area (Å²) >= 11 is 0. The van der Waals surface area contributed by atoms with Gasteiger partial charge in [0.25, 0.3) is 0 Å². The van der Waals surface area contributed by atoms with E-state index < -0.39 is 0 Å². The third-order valence-corrected chi connectivity index (χ3v) is 5.83. The van der Waals surface area contributed by atoms with Crippen LogP contribution < -0.4 is 9.80 Å². The van der Waals surface area contributed by atoms with Gasteiger partial charge in [-0.2, -0.15) is 0 Å². The maximum Gasteiger partial charge on any atom is 0.227 e. The highest BCUT2D eigenvalue weighted by Gasteiger charge is 2.28. The van der Waals surface area contributed by atoms with E-state index in [0.717, 1.165) is 56.0 Å². The van der Waals surface area contributed by atoms with Gasteiger partial charge in [0.2, 0.25) is 5.91 Å². The second kappa shape index (κ2) is 6.68. The number of nitrogens with zero attached hydrogens (tertiary/aromatic N) is 5. The van der Waals surface area contributed by atoms with Gasteiger partial charge in [-0.15, -0.1) is 5.10 Å². The summed E-state index contributed by atoms with van der Waals surface area (Å²) in [6.07, 6.45) is 7.33. The van der Waals surface area contributed by atoms with Crippen molar-refractivity contribution in [2.45, 2.75) is 25.7 Å².